The smallest absolute Gasteiger partial charge is 0.131 e. The summed E-state index contributed by atoms with van der Waals surface area (Å²) in [5.41, 5.74) is 3.54. The molecule has 23 heavy (non-hydrogen) atoms. The van der Waals surface area contributed by atoms with Crippen molar-refractivity contribution >= 4 is 0 Å². The topological polar surface area (TPSA) is 33.0 Å². The molecule has 3 heteroatoms. The van der Waals surface area contributed by atoms with Crippen molar-refractivity contribution in [2.75, 3.05) is 7.11 Å². The van der Waals surface area contributed by atoms with Gasteiger partial charge in [0.2, 0.25) is 0 Å². The molecule has 0 heterocycles. The Balaban J connectivity index is 2.14. The Morgan fingerprint density at radius 1 is 0.870 bits per heavy atom. The number of rotatable bonds is 3. The molecule has 0 atom stereocenters. The molecular formula is C20H14FNO. The molecule has 0 bridgehead atoms. The van der Waals surface area contributed by atoms with E-state index in [1.165, 1.54) is 6.07 Å². The molecular weight excluding hydrogens is 289 g/mol. The molecule has 0 spiro atoms. The molecule has 0 aliphatic rings. The molecule has 0 saturated carbocycles. The second-order valence-electron chi connectivity index (χ2n) is 5.08. The van der Waals surface area contributed by atoms with Crippen molar-refractivity contribution in [3.63, 3.8) is 0 Å². The highest BCUT2D eigenvalue weighted by molar-refractivity contribution is 5.84. The molecule has 0 aliphatic heterocycles. The van der Waals surface area contributed by atoms with Crippen LogP contribution in [-0.4, -0.2) is 7.11 Å². The van der Waals surface area contributed by atoms with Crippen molar-refractivity contribution in [1.29, 1.82) is 5.26 Å². The fourth-order valence-corrected chi connectivity index (χ4v) is 2.54. The van der Waals surface area contributed by atoms with E-state index in [4.69, 9.17) is 10.00 Å². The number of nitriles is 1. The van der Waals surface area contributed by atoms with Crippen molar-refractivity contribution in [2.45, 2.75) is 0 Å². The van der Waals surface area contributed by atoms with Crippen LogP contribution in [0.2, 0.25) is 0 Å². The van der Waals surface area contributed by atoms with E-state index in [0.717, 1.165) is 22.4 Å². The zero-order valence-electron chi connectivity index (χ0n) is 12.6. The minimum Gasteiger partial charge on any atom is -0.497 e. The van der Waals surface area contributed by atoms with Gasteiger partial charge in [-0.05, 0) is 47.0 Å². The molecule has 3 aromatic rings. The first-order valence-corrected chi connectivity index (χ1v) is 7.16. The van der Waals surface area contributed by atoms with E-state index in [-0.39, 0.29) is 5.82 Å². The van der Waals surface area contributed by atoms with Crippen LogP contribution in [0.5, 0.6) is 5.75 Å². The number of ether oxygens (including phenoxy) is 1. The summed E-state index contributed by atoms with van der Waals surface area (Å²) in [5, 5.41) is 8.90. The van der Waals surface area contributed by atoms with Crippen molar-refractivity contribution in [1.82, 2.24) is 0 Å². The third-order valence-corrected chi connectivity index (χ3v) is 3.72. The predicted octanol–water partition coefficient (Wildman–Crippen LogP) is 5.04. The van der Waals surface area contributed by atoms with Gasteiger partial charge in [0.05, 0.1) is 18.7 Å². The van der Waals surface area contributed by atoms with Crippen molar-refractivity contribution in [3.8, 4) is 34.1 Å². The van der Waals surface area contributed by atoms with Gasteiger partial charge in [-0.1, -0.05) is 36.4 Å². The number of hydrogen-bond donors (Lipinski definition) is 0. The summed E-state index contributed by atoms with van der Waals surface area (Å²) in [5.74, 6) is 0.466. The van der Waals surface area contributed by atoms with E-state index in [0.29, 0.717) is 11.1 Å². The Bertz CT molecular complexity index is 862. The lowest BCUT2D eigenvalue weighted by molar-refractivity contribution is 0.415. The SMILES string of the molecule is COc1ccc(-c2cccc(F)c2-c2ccc(C#N)cc2)cc1. The van der Waals surface area contributed by atoms with Crippen LogP contribution in [-0.2, 0) is 0 Å². The summed E-state index contributed by atoms with van der Waals surface area (Å²) < 4.78 is 19.6. The molecule has 0 aliphatic carbocycles. The number of halogens is 1. The first kappa shape index (κ1) is 14.8. The Morgan fingerprint density at radius 2 is 1.52 bits per heavy atom. The van der Waals surface area contributed by atoms with E-state index in [2.05, 4.69) is 6.07 Å². The van der Waals surface area contributed by atoms with Gasteiger partial charge in [-0.25, -0.2) is 4.39 Å². The average Bonchev–Trinajstić information content (AvgIpc) is 2.62. The maximum Gasteiger partial charge on any atom is 0.131 e. The number of methoxy groups -OCH3 is 1. The highest BCUT2D eigenvalue weighted by atomic mass is 19.1. The molecule has 3 rings (SSSR count). The Kier molecular flexibility index (Phi) is 4.07. The number of nitrogens with zero attached hydrogens (tertiary/aromatic N) is 1. The highest BCUT2D eigenvalue weighted by Crippen LogP contribution is 2.35. The first-order valence-electron chi connectivity index (χ1n) is 7.16. The molecule has 0 saturated heterocycles. The van der Waals surface area contributed by atoms with Crippen molar-refractivity contribution in [2.24, 2.45) is 0 Å². The van der Waals surface area contributed by atoms with E-state index in [1.807, 2.05) is 30.3 Å². The summed E-state index contributed by atoms with van der Waals surface area (Å²) in [6.45, 7) is 0. The molecule has 0 radical (unpaired) electrons. The minimum atomic E-state index is -0.289. The third-order valence-electron chi connectivity index (χ3n) is 3.72. The fourth-order valence-electron chi connectivity index (χ4n) is 2.54. The van der Waals surface area contributed by atoms with Crippen LogP contribution in [0.25, 0.3) is 22.3 Å². The van der Waals surface area contributed by atoms with Crippen LogP contribution < -0.4 is 4.74 Å². The normalized spacial score (nSPS) is 10.1. The van der Waals surface area contributed by atoms with Gasteiger partial charge in [0, 0.05) is 5.56 Å². The fraction of sp³-hybridized carbons (Fsp3) is 0.0500. The standard InChI is InChI=1S/C20H14FNO/c1-23-17-11-9-15(10-12-17)18-3-2-4-19(21)20(18)16-7-5-14(13-22)6-8-16/h2-12H,1H3. The minimum absolute atomic E-state index is 0.289. The summed E-state index contributed by atoms with van der Waals surface area (Å²) in [7, 11) is 1.61. The molecule has 0 N–H and O–H groups in total. The van der Waals surface area contributed by atoms with Gasteiger partial charge in [-0.3, -0.25) is 0 Å². The van der Waals surface area contributed by atoms with Crippen LogP contribution in [0.15, 0.2) is 66.7 Å². The average molecular weight is 303 g/mol. The van der Waals surface area contributed by atoms with Gasteiger partial charge in [-0.2, -0.15) is 5.26 Å². The van der Waals surface area contributed by atoms with E-state index >= 15 is 0 Å². The largest absolute Gasteiger partial charge is 0.497 e. The Hall–Kier alpha value is -3.12. The van der Waals surface area contributed by atoms with Crippen LogP contribution in [0.3, 0.4) is 0 Å². The zero-order valence-corrected chi connectivity index (χ0v) is 12.6. The number of hydrogen-bond acceptors (Lipinski definition) is 2. The Labute approximate surface area is 134 Å². The van der Waals surface area contributed by atoms with Gasteiger partial charge in [0.1, 0.15) is 11.6 Å². The molecule has 0 unspecified atom stereocenters. The quantitative estimate of drug-likeness (QED) is 0.679. The summed E-state index contributed by atoms with van der Waals surface area (Å²) >= 11 is 0. The van der Waals surface area contributed by atoms with Gasteiger partial charge < -0.3 is 4.74 Å². The third kappa shape index (κ3) is 2.93. The summed E-state index contributed by atoms with van der Waals surface area (Å²) in [6.07, 6.45) is 0. The lowest BCUT2D eigenvalue weighted by Crippen LogP contribution is -1.90. The number of benzene rings is 3. The van der Waals surface area contributed by atoms with Crippen LogP contribution in [0.1, 0.15) is 5.56 Å². The van der Waals surface area contributed by atoms with Crippen molar-refractivity contribution in [3.05, 3.63) is 78.1 Å². The molecule has 0 amide bonds. The van der Waals surface area contributed by atoms with Gasteiger partial charge in [-0.15, -0.1) is 0 Å². The van der Waals surface area contributed by atoms with E-state index in [1.54, 1.807) is 37.4 Å². The Morgan fingerprint density at radius 3 is 2.13 bits per heavy atom. The molecule has 0 fully saturated rings. The van der Waals surface area contributed by atoms with Gasteiger partial charge in [0.15, 0.2) is 0 Å². The second-order valence-corrected chi connectivity index (χ2v) is 5.08. The summed E-state index contributed by atoms with van der Waals surface area (Å²) in [6, 6.07) is 21.5. The van der Waals surface area contributed by atoms with Crippen LogP contribution in [0, 0.1) is 17.1 Å². The lowest BCUT2D eigenvalue weighted by atomic mass is 9.93. The zero-order chi connectivity index (χ0) is 16.2. The molecule has 0 aromatic heterocycles. The van der Waals surface area contributed by atoms with Gasteiger partial charge >= 0.3 is 0 Å². The maximum absolute atomic E-state index is 14.5. The van der Waals surface area contributed by atoms with Crippen LogP contribution in [0.4, 0.5) is 4.39 Å². The van der Waals surface area contributed by atoms with E-state index in [9.17, 15) is 4.39 Å². The predicted molar refractivity (Wildman–Crippen MR) is 88.5 cm³/mol. The highest BCUT2D eigenvalue weighted by Gasteiger charge is 2.12. The van der Waals surface area contributed by atoms with Gasteiger partial charge in [0.25, 0.3) is 0 Å². The lowest BCUT2D eigenvalue weighted by Gasteiger charge is -2.12. The molecule has 112 valence electrons. The first-order chi connectivity index (χ1) is 11.2. The molecule has 3 aromatic carbocycles. The van der Waals surface area contributed by atoms with Crippen molar-refractivity contribution < 1.29 is 9.13 Å². The molecule has 2 nitrogen and oxygen atoms in total. The monoisotopic (exact) mass is 303 g/mol. The summed E-state index contributed by atoms with van der Waals surface area (Å²) in [4.78, 5) is 0. The maximum atomic E-state index is 14.5. The van der Waals surface area contributed by atoms with E-state index < -0.39 is 0 Å². The van der Waals surface area contributed by atoms with Crippen LogP contribution >= 0.6 is 0 Å². The second kappa shape index (κ2) is 6.33.